The van der Waals surface area contributed by atoms with Gasteiger partial charge in [-0.1, -0.05) is 64.8 Å². The van der Waals surface area contributed by atoms with E-state index in [-0.39, 0.29) is 148 Å². The van der Waals surface area contributed by atoms with Crippen molar-refractivity contribution in [1.82, 2.24) is 16.0 Å². The van der Waals surface area contributed by atoms with Gasteiger partial charge in [-0.25, -0.2) is 0 Å². The van der Waals surface area contributed by atoms with Crippen molar-refractivity contribution in [3.8, 4) is 0 Å². The number of carbonyl (C=O) groups is 6. The standard InChI is InChI=1S/C6H12N2O2.C4H10N2O.C3H6O2.C2H3ClO.C2H8N2.C2H4O2.2C2H6.CH5N.5CH4.3Cd/c1-5(9)7-3-4-8-6(2)10;1-4(7)6-3-2-5;1-3(4)5-2;1-2(3)4;3-1-2-4;1-2(3)4;3*1-2;;;;;;;;/h3-4H2,1-2H3,(H,7,9)(H,8,10);2-3,5H2,1H3,(H,6,7);1-2H3;1H3;1-4H2;1H3,(H,3,4);2*1-2H3;2H2,1H3;5*1H4;;;. The van der Waals surface area contributed by atoms with Gasteiger partial charge >= 0.3 is 5.97 Å². The first-order chi connectivity index (χ1) is 18.5. The van der Waals surface area contributed by atoms with Crippen LogP contribution in [0.1, 0.15) is 106 Å². The number of hydrogen-bond donors (Lipinski definition) is 8. The number of halogens is 1. The molecule has 0 rings (SSSR count). The van der Waals surface area contributed by atoms with E-state index in [1.807, 2.05) is 27.7 Å². The summed E-state index contributed by atoms with van der Waals surface area (Å²) in [5, 5.41) is 14.7. The minimum absolute atomic E-state index is 0. The van der Waals surface area contributed by atoms with Gasteiger partial charge in [-0.15, -0.1) is 0 Å². The minimum atomic E-state index is -0.833. The van der Waals surface area contributed by atoms with Gasteiger partial charge in [0.1, 0.15) is 0 Å². The van der Waals surface area contributed by atoms with Crippen LogP contribution in [0.15, 0.2) is 0 Å². The molecule has 0 fully saturated rings. The Labute approximate surface area is 362 Å². The number of nitrogens with one attached hydrogen (secondary N) is 3. The van der Waals surface area contributed by atoms with Gasteiger partial charge in [0.05, 0.1) is 7.11 Å². The molecule has 0 atom stereocenters. The first kappa shape index (κ1) is 110. The molecule has 292 valence electrons. The van der Waals surface area contributed by atoms with Crippen LogP contribution in [0.2, 0.25) is 0 Å². The van der Waals surface area contributed by atoms with Gasteiger partial charge in [-0.05, 0) is 18.6 Å². The molecule has 0 bridgehead atoms. The summed E-state index contributed by atoms with van der Waals surface area (Å²) in [6.45, 7) is 19.4. The summed E-state index contributed by atoms with van der Waals surface area (Å²) in [6.07, 6.45) is 0. The molecule has 0 heterocycles. The van der Waals surface area contributed by atoms with E-state index in [0.29, 0.717) is 39.3 Å². The summed E-state index contributed by atoms with van der Waals surface area (Å²) in [4.78, 5) is 58.4. The molecule has 0 aromatic carbocycles. The smallest absolute Gasteiger partial charge is 0.302 e. The van der Waals surface area contributed by atoms with E-state index < -0.39 is 5.97 Å². The molecule has 0 aliphatic carbocycles. The molecule has 0 unspecified atom stereocenters. The van der Waals surface area contributed by atoms with Crippen molar-refractivity contribution in [2.24, 2.45) is 22.9 Å². The predicted molar refractivity (Wildman–Crippen MR) is 197 cm³/mol. The largest absolute Gasteiger partial charge is 0.481 e. The zero-order chi connectivity index (χ0) is 34.5. The van der Waals surface area contributed by atoms with E-state index in [4.69, 9.17) is 27.1 Å². The van der Waals surface area contributed by atoms with Crippen molar-refractivity contribution < 1.29 is 121 Å². The molecule has 48 heavy (non-hydrogen) atoms. The van der Waals surface area contributed by atoms with Crippen molar-refractivity contribution >= 4 is 46.5 Å². The molecule has 0 aliphatic rings. The molecule has 19 heteroatoms. The van der Waals surface area contributed by atoms with Gasteiger partial charge in [0, 0.05) is 163 Å². The normalized spacial score (nSPS) is 5.77. The molecule has 0 saturated carbocycles. The fraction of sp³-hybridized carbons (Fsp3) is 0.793. The second kappa shape index (κ2) is 127. The molecule has 12 N–H and O–H groups in total. The van der Waals surface area contributed by atoms with Gasteiger partial charge in [-0.3, -0.25) is 28.8 Å². The Morgan fingerprint density at radius 1 is 0.562 bits per heavy atom. The second-order valence-electron chi connectivity index (χ2n) is 5.50. The number of rotatable bonds is 6. The minimum Gasteiger partial charge on any atom is -0.481 e. The monoisotopic (exact) mass is 1030 g/mol. The third-order valence-corrected chi connectivity index (χ3v) is 1.85. The maximum absolute atomic E-state index is 10.3. The van der Waals surface area contributed by atoms with E-state index in [1.54, 1.807) is 0 Å². The van der Waals surface area contributed by atoms with Crippen LogP contribution in [0.5, 0.6) is 0 Å². The number of hydrogen-bond acceptors (Lipinski definition) is 11. The fourth-order valence-corrected chi connectivity index (χ4v) is 0.725. The number of esters is 1. The number of ether oxygens (including phenoxy) is 1. The summed E-state index contributed by atoms with van der Waals surface area (Å²) in [6, 6.07) is 0. The number of carboxylic acid groups (broad SMARTS) is 1. The van der Waals surface area contributed by atoms with Crippen LogP contribution >= 0.6 is 11.6 Å². The van der Waals surface area contributed by atoms with Gasteiger partial charge in [0.15, 0.2) is 0 Å². The summed E-state index contributed by atoms with van der Waals surface area (Å²) in [7, 11) is 2.85. The van der Waals surface area contributed by atoms with Crippen molar-refractivity contribution in [2.45, 2.75) is 106 Å². The quantitative estimate of drug-likeness (QED) is 0.0826. The van der Waals surface area contributed by atoms with E-state index in [9.17, 15) is 24.0 Å². The van der Waals surface area contributed by atoms with Crippen molar-refractivity contribution in [3.63, 3.8) is 0 Å². The number of amides is 3. The van der Waals surface area contributed by atoms with Crippen LogP contribution in [0.25, 0.3) is 0 Å². The molecule has 0 aliphatic heterocycles. The fourth-order valence-electron chi connectivity index (χ4n) is 0.725. The molecular formula is C29H80Cd3ClN7O8. The molecule has 15 nitrogen and oxygen atoms in total. The Bertz CT molecular complexity index is 525. The Balaban J connectivity index is -0.0000000154. The van der Waals surface area contributed by atoms with Crippen LogP contribution in [0.4, 0.5) is 0 Å². The van der Waals surface area contributed by atoms with E-state index in [1.165, 1.54) is 48.8 Å². The zero-order valence-corrected chi connectivity index (χ0v) is 41.7. The number of methoxy groups -OCH3 is 1. The van der Waals surface area contributed by atoms with E-state index in [2.05, 4.69) is 38.0 Å². The Morgan fingerprint density at radius 3 is 0.771 bits per heavy atom. The summed E-state index contributed by atoms with van der Waals surface area (Å²) in [5.74, 6) is -1.26. The summed E-state index contributed by atoms with van der Waals surface area (Å²) >= 11 is 4.64. The molecule has 0 saturated heterocycles. The van der Waals surface area contributed by atoms with Crippen molar-refractivity contribution in [2.75, 3.05) is 53.4 Å². The van der Waals surface area contributed by atoms with Crippen LogP contribution in [0, 0.1) is 0 Å². The van der Waals surface area contributed by atoms with Gasteiger partial charge in [0.25, 0.3) is 5.97 Å². The van der Waals surface area contributed by atoms with Crippen molar-refractivity contribution in [1.29, 1.82) is 0 Å². The number of nitrogens with two attached hydrogens (primary N) is 4. The Hall–Kier alpha value is -0.0838. The van der Waals surface area contributed by atoms with Gasteiger partial charge in [-0.2, -0.15) is 0 Å². The van der Waals surface area contributed by atoms with Gasteiger partial charge < -0.3 is 48.7 Å². The average molecular weight is 1030 g/mol. The second-order valence-corrected chi connectivity index (χ2v) is 6.03. The Kier molecular flexibility index (Phi) is 292. The third kappa shape index (κ3) is 478. The molecule has 0 aromatic rings. The molecule has 0 spiro atoms. The maximum atomic E-state index is 10.3. The van der Waals surface area contributed by atoms with Crippen LogP contribution < -0.4 is 38.9 Å². The number of carbonyl (C=O) groups excluding carboxylic acids is 5. The first-order valence-corrected chi connectivity index (χ1v) is 12.7. The molecule has 0 radical (unpaired) electrons. The Morgan fingerprint density at radius 2 is 0.708 bits per heavy atom. The van der Waals surface area contributed by atoms with E-state index >= 15 is 0 Å². The molecule has 0 aromatic heterocycles. The summed E-state index contributed by atoms with van der Waals surface area (Å²) in [5.41, 5.74) is 19.4. The van der Waals surface area contributed by atoms with Crippen LogP contribution in [0.3, 0.4) is 0 Å². The van der Waals surface area contributed by atoms with Gasteiger partial charge in [0.2, 0.25) is 23.0 Å². The third-order valence-electron chi connectivity index (χ3n) is 1.85. The van der Waals surface area contributed by atoms with Crippen LogP contribution in [-0.4, -0.2) is 93.4 Å². The zero-order valence-electron chi connectivity index (χ0n) is 28.9. The number of carboxylic acids is 1. The predicted octanol–water partition coefficient (Wildman–Crippen LogP) is 3.09. The first-order valence-electron chi connectivity index (χ1n) is 12.4. The molecular weight excluding hydrogens is 947 g/mol. The SMILES string of the molecule is C.C.C.C.C.CC.CC.CC(=O)Cl.CC(=O)NCCN.CC(=O)NCCNC(C)=O.CC(=O)O.CN.COC(C)=O.NCCN.[Cd].[Cd].[Cd]. The number of aliphatic carboxylic acids is 1. The molecule has 3 amide bonds. The van der Waals surface area contributed by atoms with Crippen molar-refractivity contribution in [3.05, 3.63) is 0 Å². The maximum Gasteiger partial charge on any atom is 0.302 e. The summed E-state index contributed by atoms with van der Waals surface area (Å²) < 4.78 is 4.11. The average Bonchev–Trinajstić information content (AvgIpc) is 2.89. The topological polar surface area (TPSA) is 272 Å². The van der Waals surface area contributed by atoms with Crippen LogP contribution in [-0.2, 0) is 115 Å². The van der Waals surface area contributed by atoms with E-state index in [0.717, 1.165) is 6.92 Å².